The molecular formula is C22H24N4O. The zero-order chi connectivity index (χ0) is 17.8. The van der Waals surface area contributed by atoms with Crippen LogP contribution in [-0.2, 0) is 0 Å². The van der Waals surface area contributed by atoms with Gasteiger partial charge < -0.3 is 9.64 Å². The van der Waals surface area contributed by atoms with Crippen molar-refractivity contribution in [2.45, 2.75) is 37.8 Å². The minimum atomic E-state index is 0.422. The van der Waals surface area contributed by atoms with Gasteiger partial charge in [0.05, 0.1) is 17.5 Å². The van der Waals surface area contributed by atoms with Gasteiger partial charge in [0.15, 0.2) is 0 Å². The average molecular weight is 360 g/mol. The topological polar surface area (TPSA) is 41.0 Å². The van der Waals surface area contributed by atoms with Gasteiger partial charge in [-0.2, -0.15) is 0 Å². The minimum Gasteiger partial charge on any atom is -0.490 e. The summed E-state index contributed by atoms with van der Waals surface area (Å²) < 4.78 is 5.95. The van der Waals surface area contributed by atoms with Crippen LogP contribution in [0.25, 0.3) is 0 Å². The molecule has 3 fully saturated rings. The Morgan fingerprint density at radius 1 is 0.926 bits per heavy atom. The van der Waals surface area contributed by atoms with Gasteiger partial charge in [0.25, 0.3) is 0 Å². The van der Waals surface area contributed by atoms with E-state index < -0.39 is 0 Å². The Morgan fingerprint density at radius 3 is 2.56 bits per heavy atom. The number of aliphatic imine (C=N–C) groups is 1. The number of aromatic nitrogens is 1. The van der Waals surface area contributed by atoms with Gasteiger partial charge in [0.1, 0.15) is 11.6 Å². The average Bonchev–Trinajstić information content (AvgIpc) is 3.59. The van der Waals surface area contributed by atoms with Crippen LogP contribution in [0, 0.1) is 0 Å². The predicted octanol–water partition coefficient (Wildman–Crippen LogP) is 3.39. The summed E-state index contributed by atoms with van der Waals surface area (Å²) >= 11 is 0. The van der Waals surface area contributed by atoms with Gasteiger partial charge in [0.2, 0.25) is 0 Å². The van der Waals surface area contributed by atoms with Crippen LogP contribution in [0.1, 0.15) is 36.8 Å². The summed E-state index contributed by atoms with van der Waals surface area (Å²) in [6.45, 7) is 4.44. The summed E-state index contributed by atoms with van der Waals surface area (Å²) in [5.41, 5.74) is 4.47. The summed E-state index contributed by atoms with van der Waals surface area (Å²) in [6.07, 6.45) is 7.48. The van der Waals surface area contributed by atoms with Gasteiger partial charge in [0, 0.05) is 49.5 Å². The van der Waals surface area contributed by atoms with Crippen LogP contribution in [0.2, 0.25) is 0 Å². The van der Waals surface area contributed by atoms with E-state index in [4.69, 9.17) is 9.73 Å². The highest BCUT2D eigenvalue weighted by Gasteiger charge is 2.31. The van der Waals surface area contributed by atoms with Crippen molar-refractivity contribution in [3.05, 3.63) is 47.7 Å². The molecule has 0 unspecified atom stereocenters. The molecule has 0 bridgehead atoms. The first-order chi connectivity index (χ1) is 13.3. The molecule has 2 aromatic rings. The van der Waals surface area contributed by atoms with Gasteiger partial charge in [-0.05, 0) is 56.0 Å². The molecule has 2 saturated carbocycles. The fourth-order valence-corrected chi connectivity index (χ4v) is 4.10. The van der Waals surface area contributed by atoms with E-state index in [9.17, 15) is 0 Å². The standard InChI is InChI=1S/C22H24N4O/c1-2-16(1)25-9-11-26(12-10-25)21-13-15(7-8-23-21)22-19-14-18(27-17-3-4-17)5-6-20(19)24-22/h5-8,13-14,16-17H,1-4,9-12H2. The lowest BCUT2D eigenvalue weighted by atomic mass is 9.96. The second kappa shape index (κ2) is 6.06. The van der Waals surface area contributed by atoms with Crippen molar-refractivity contribution in [2.24, 2.45) is 4.99 Å². The van der Waals surface area contributed by atoms with Crippen molar-refractivity contribution >= 4 is 17.2 Å². The van der Waals surface area contributed by atoms with Gasteiger partial charge in [-0.25, -0.2) is 9.98 Å². The Hall–Kier alpha value is -2.40. The molecule has 0 spiro atoms. The molecule has 2 aliphatic heterocycles. The first kappa shape index (κ1) is 15.6. The molecule has 5 nitrogen and oxygen atoms in total. The van der Waals surface area contributed by atoms with Crippen LogP contribution in [0.15, 0.2) is 41.5 Å². The van der Waals surface area contributed by atoms with Crippen molar-refractivity contribution in [1.82, 2.24) is 9.88 Å². The molecule has 1 saturated heterocycles. The normalized spacial score (nSPS) is 22.1. The lowest BCUT2D eigenvalue weighted by Gasteiger charge is -2.35. The van der Waals surface area contributed by atoms with Crippen molar-refractivity contribution < 1.29 is 4.74 Å². The number of pyridine rings is 1. The SMILES string of the molecule is c1cc(C2=Nc3ccc(OC4CC4)cc32)cc(N2CCN(C3CC3)CC2)n1. The maximum absolute atomic E-state index is 5.95. The summed E-state index contributed by atoms with van der Waals surface area (Å²) in [5, 5.41) is 0. The van der Waals surface area contributed by atoms with Gasteiger partial charge in [-0.3, -0.25) is 4.90 Å². The van der Waals surface area contributed by atoms with E-state index in [0.717, 1.165) is 60.8 Å². The Labute approximate surface area is 159 Å². The number of piperazine rings is 1. The number of rotatable bonds is 5. The van der Waals surface area contributed by atoms with Crippen LogP contribution in [0.5, 0.6) is 5.75 Å². The first-order valence-corrected chi connectivity index (χ1v) is 10.2. The quantitative estimate of drug-likeness (QED) is 0.699. The number of benzene rings is 1. The van der Waals surface area contributed by atoms with Crippen LogP contribution < -0.4 is 9.64 Å². The third-order valence-electron chi connectivity index (χ3n) is 6.00. The third-order valence-corrected chi connectivity index (χ3v) is 6.00. The van der Waals surface area contributed by atoms with Crippen LogP contribution >= 0.6 is 0 Å². The lowest BCUT2D eigenvalue weighted by Crippen LogP contribution is -2.47. The van der Waals surface area contributed by atoms with Crippen molar-refractivity contribution in [2.75, 3.05) is 31.1 Å². The molecule has 0 radical (unpaired) electrons. The number of fused-ring (bicyclic) bond motifs is 1. The largest absolute Gasteiger partial charge is 0.490 e. The maximum Gasteiger partial charge on any atom is 0.129 e. The second-order valence-corrected chi connectivity index (χ2v) is 8.11. The smallest absolute Gasteiger partial charge is 0.129 e. The Bertz CT molecular complexity index is 908. The lowest BCUT2D eigenvalue weighted by molar-refractivity contribution is 0.247. The van der Waals surface area contributed by atoms with E-state index in [1.54, 1.807) is 0 Å². The molecule has 4 aliphatic rings. The van der Waals surface area contributed by atoms with E-state index in [1.165, 1.54) is 31.2 Å². The number of anilines is 1. The number of hydrogen-bond acceptors (Lipinski definition) is 5. The molecule has 2 aliphatic carbocycles. The molecule has 0 atom stereocenters. The summed E-state index contributed by atoms with van der Waals surface area (Å²) in [4.78, 5) is 14.4. The fraction of sp³-hybridized carbons (Fsp3) is 0.455. The zero-order valence-electron chi connectivity index (χ0n) is 15.5. The van der Waals surface area contributed by atoms with Gasteiger partial charge in [-0.15, -0.1) is 0 Å². The van der Waals surface area contributed by atoms with Crippen LogP contribution in [-0.4, -0.2) is 53.9 Å². The molecule has 3 heterocycles. The van der Waals surface area contributed by atoms with E-state index in [-0.39, 0.29) is 0 Å². The number of ether oxygens (including phenoxy) is 1. The highest BCUT2D eigenvalue weighted by molar-refractivity contribution is 6.22. The van der Waals surface area contributed by atoms with Crippen LogP contribution in [0.4, 0.5) is 11.5 Å². The van der Waals surface area contributed by atoms with E-state index >= 15 is 0 Å². The molecule has 138 valence electrons. The summed E-state index contributed by atoms with van der Waals surface area (Å²) in [7, 11) is 0. The molecule has 6 rings (SSSR count). The predicted molar refractivity (Wildman–Crippen MR) is 106 cm³/mol. The van der Waals surface area contributed by atoms with E-state index in [1.807, 2.05) is 12.3 Å². The van der Waals surface area contributed by atoms with Crippen molar-refractivity contribution in [3.63, 3.8) is 0 Å². The van der Waals surface area contributed by atoms with Crippen molar-refractivity contribution in [1.29, 1.82) is 0 Å². The monoisotopic (exact) mass is 360 g/mol. The van der Waals surface area contributed by atoms with Crippen LogP contribution in [0.3, 0.4) is 0 Å². The molecule has 0 amide bonds. The summed E-state index contributed by atoms with van der Waals surface area (Å²) in [6, 6.07) is 11.4. The van der Waals surface area contributed by atoms with Gasteiger partial charge in [-0.1, -0.05) is 0 Å². The second-order valence-electron chi connectivity index (χ2n) is 8.11. The minimum absolute atomic E-state index is 0.422. The molecule has 1 aromatic carbocycles. The Kier molecular flexibility index (Phi) is 3.51. The third kappa shape index (κ3) is 3.00. The molecule has 27 heavy (non-hydrogen) atoms. The number of nitrogens with zero attached hydrogens (tertiary/aromatic N) is 4. The molecule has 1 aromatic heterocycles. The molecule has 0 N–H and O–H groups in total. The highest BCUT2D eigenvalue weighted by Crippen LogP contribution is 2.37. The molecular weight excluding hydrogens is 336 g/mol. The zero-order valence-corrected chi connectivity index (χ0v) is 15.5. The van der Waals surface area contributed by atoms with Gasteiger partial charge >= 0.3 is 0 Å². The van der Waals surface area contributed by atoms with Crippen molar-refractivity contribution in [3.8, 4) is 5.75 Å². The molecule has 5 heteroatoms. The number of hydrogen-bond donors (Lipinski definition) is 0. The Balaban J connectivity index is 1.20. The fourth-order valence-electron chi connectivity index (χ4n) is 4.10. The first-order valence-electron chi connectivity index (χ1n) is 10.2. The summed E-state index contributed by atoms with van der Waals surface area (Å²) in [5.74, 6) is 2.04. The van der Waals surface area contributed by atoms with E-state index in [2.05, 4.69) is 39.0 Å². The maximum atomic E-state index is 5.95. The van der Waals surface area contributed by atoms with E-state index in [0.29, 0.717) is 6.10 Å². The highest BCUT2D eigenvalue weighted by atomic mass is 16.5. The Morgan fingerprint density at radius 2 is 1.78 bits per heavy atom.